The van der Waals surface area contributed by atoms with Gasteiger partial charge in [0.2, 0.25) is 11.8 Å². The zero-order valence-corrected chi connectivity index (χ0v) is 22.5. The molecule has 1 aliphatic rings. The molecule has 204 valence electrons. The van der Waals surface area contributed by atoms with Gasteiger partial charge >= 0.3 is 6.09 Å². The van der Waals surface area contributed by atoms with Crippen LogP contribution in [-0.4, -0.2) is 50.3 Å². The smallest absolute Gasteiger partial charge is 0.410 e. The van der Waals surface area contributed by atoms with Gasteiger partial charge in [-0.25, -0.2) is 9.78 Å². The number of fused-ring (bicyclic) bond motifs is 2. The quantitative estimate of drug-likeness (QED) is 0.344. The van der Waals surface area contributed by atoms with Gasteiger partial charge in [0.25, 0.3) is 0 Å². The van der Waals surface area contributed by atoms with Crippen LogP contribution in [-0.2, 0) is 41.1 Å². The summed E-state index contributed by atoms with van der Waals surface area (Å²) < 4.78 is 7.50. The van der Waals surface area contributed by atoms with E-state index in [0.717, 1.165) is 22.0 Å². The van der Waals surface area contributed by atoms with Gasteiger partial charge in [0.05, 0.1) is 6.54 Å². The molecule has 0 atom stereocenters. The zero-order valence-electron chi connectivity index (χ0n) is 22.5. The molecule has 0 radical (unpaired) electrons. The van der Waals surface area contributed by atoms with Crippen molar-refractivity contribution < 1.29 is 19.1 Å². The standard InChI is InChI=1S/C31H31N5O4/c1-3-35(19-25-17-34(2)27-12-8-7-11-26(25)27)29(38)14-13-23-15-24-18-36(20-28(37)33-30(24)32-16-23)31(39)40-21-22-9-5-4-6-10-22/h4-17H,3,18-21H2,1-2H3,(H,32,33,37). The van der Waals surface area contributed by atoms with Crippen LogP contribution in [0.15, 0.2) is 79.1 Å². The molecule has 1 aliphatic heterocycles. The number of ether oxygens (including phenoxy) is 1. The first kappa shape index (κ1) is 26.7. The normalized spacial score (nSPS) is 13.2. The second-order valence-electron chi connectivity index (χ2n) is 9.69. The molecule has 0 spiro atoms. The number of anilines is 1. The number of carbonyl (C=O) groups excluding carboxylic acids is 3. The molecular weight excluding hydrogens is 506 g/mol. The Bertz CT molecular complexity index is 1580. The zero-order chi connectivity index (χ0) is 28.1. The Kier molecular flexibility index (Phi) is 7.91. The highest BCUT2D eigenvalue weighted by molar-refractivity contribution is 5.95. The maximum atomic E-state index is 13.1. The number of hydrogen-bond donors (Lipinski definition) is 1. The second-order valence-corrected chi connectivity index (χ2v) is 9.69. The molecule has 2 aromatic carbocycles. The molecule has 0 fully saturated rings. The second kappa shape index (κ2) is 11.9. The minimum atomic E-state index is -0.588. The van der Waals surface area contributed by atoms with Gasteiger partial charge in [0.1, 0.15) is 19.0 Å². The van der Waals surface area contributed by atoms with Crippen molar-refractivity contribution in [3.05, 3.63) is 101 Å². The van der Waals surface area contributed by atoms with Gasteiger partial charge in [0, 0.05) is 55.1 Å². The van der Waals surface area contributed by atoms with Crippen molar-refractivity contribution in [1.82, 2.24) is 19.4 Å². The van der Waals surface area contributed by atoms with Crippen molar-refractivity contribution in [2.24, 2.45) is 7.05 Å². The molecule has 2 aromatic heterocycles. The van der Waals surface area contributed by atoms with Crippen molar-refractivity contribution in [3.63, 3.8) is 0 Å². The van der Waals surface area contributed by atoms with Gasteiger partial charge in [-0.3, -0.25) is 14.5 Å². The Labute approximate surface area is 232 Å². The monoisotopic (exact) mass is 537 g/mol. The summed E-state index contributed by atoms with van der Waals surface area (Å²) in [5.41, 5.74) is 4.40. The number of carbonyl (C=O) groups is 3. The number of hydrogen-bond acceptors (Lipinski definition) is 5. The fourth-order valence-electron chi connectivity index (χ4n) is 4.77. The summed E-state index contributed by atoms with van der Waals surface area (Å²) in [5, 5.41) is 3.87. The molecule has 3 heterocycles. The lowest BCUT2D eigenvalue weighted by atomic mass is 10.1. The minimum Gasteiger partial charge on any atom is -0.445 e. The maximum absolute atomic E-state index is 13.1. The molecule has 0 aliphatic carbocycles. The first-order chi connectivity index (χ1) is 19.4. The van der Waals surface area contributed by atoms with Gasteiger partial charge in [-0.1, -0.05) is 48.5 Å². The average Bonchev–Trinajstić information content (AvgIpc) is 3.18. The summed E-state index contributed by atoms with van der Waals surface area (Å²) in [6.45, 7) is 3.12. The number of amides is 3. The number of likely N-dealkylation sites (N-methyl/N-ethyl adjacent to an activating group) is 1. The third-order valence-corrected chi connectivity index (χ3v) is 6.86. The molecule has 0 bridgehead atoms. The molecule has 5 rings (SSSR count). The van der Waals surface area contributed by atoms with Gasteiger partial charge in [-0.2, -0.15) is 0 Å². The van der Waals surface area contributed by atoms with Gasteiger partial charge in [0.15, 0.2) is 0 Å². The highest BCUT2D eigenvalue weighted by Gasteiger charge is 2.25. The van der Waals surface area contributed by atoms with Crippen LogP contribution in [0.1, 0.15) is 29.2 Å². The van der Waals surface area contributed by atoms with Crippen LogP contribution in [0.25, 0.3) is 17.0 Å². The number of para-hydroxylation sites is 1. The van der Waals surface area contributed by atoms with E-state index in [0.29, 0.717) is 30.0 Å². The molecule has 0 saturated carbocycles. The van der Waals surface area contributed by atoms with E-state index in [1.54, 1.807) is 17.2 Å². The Morgan fingerprint density at radius 3 is 2.67 bits per heavy atom. The summed E-state index contributed by atoms with van der Waals surface area (Å²) in [6.07, 6.45) is 6.29. The van der Waals surface area contributed by atoms with E-state index in [-0.39, 0.29) is 31.5 Å². The fraction of sp³-hybridized carbons (Fsp3) is 0.226. The van der Waals surface area contributed by atoms with E-state index in [4.69, 9.17) is 4.74 Å². The lowest BCUT2D eigenvalue weighted by Crippen LogP contribution is -2.35. The maximum Gasteiger partial charge on any atom is 0.410 e. The Hall–Kier alpha value is -4.92. The highest BCUT2D eigenvalue weighted by atomic mass is 16.6. The van der Waals surface area contributed by atoms with Gasteiger partial charge in [-0.15, -0.1) is 0 Å². The third-order valence-electron chi connectivity index (χ3n) is 6.86. The average molecular weight is 538 g/mol. The number of nitrogens with one attached hydrogen (secondary N) is 1. The summed E-state index contributed by atoms with van der Waals surface area (Å²) in [5.74, 6) is -0.0869. The van der Waals surface area contributed by atoms with Crippen molar-refractivity contribution in [1.29, 1.82) is 0 Å². The number of rotatable bonds is 7. The van der Waals surface area contributed by atoms with E-state index in [1.165, 1.54) is 11.0 Å². The molecule has 40 heavy (non-hydrogen) atoms. The van der Waals surface area contributed by atoms with E-state index in [1.807, 2.05) is 62.5 Å². The number of nitrogens with zero attached hydrogens (tertiary/aromatic N) is 4. The molecule has 0 saturated heterocycles. The predicted octanol–water partition coefficient (Wildman–Crippen LogP) is 4.73. The van der Waals surface area contributed by atoms with Crippen molar-refractivity contribution in [2.75, 3.05) is 18.4 Å². The topological polar surface area (TPSA) is 96.8 Å². The Morgan fingerprint density at radius 1 is 1.10 bits per heavy atom. The molecule has 4 aromatic rings. The highest BCUT2D eigenvalue weighted by Crippen LogP contribution is 2.23. The summed E-state index contributed by atoms with van der Waals surface area (Å²) in [4.78, 5) is 45.8. The third kappa shape index (κ3) is 6.04. The van der Waals surface area contributed by atoms with Crippen LogP contribution >= 0.6 is 0 Å². The fourth-order valence-corrected chi connectivity index (χ4v) is 4.77. The van der Waals surface area contributed by atoms with Crippen LogP contribution in [0.2, 0.25) is 0 Å². The molecule has 3 amide bonds. The van der Waals surface area contributed by atoms with Crippen LogP contribution in [0.4, 0.5) is 10.6 Å². The Balaban J connectivity index is 1.27. The molecular formula is C31H31N5O4. The first-order valence-corrected chi connectivity index (χ1v) is 13.2. The molecule has 1 N–H and O–H groups in total. The summed E-state index contributed by atoms with van der Waals surface area (Å²) in [7, 11) is 2.00. The minimum absolute atomic E-state index is 0.112. The van der Waals surface area contributed by atoms with Crippen LogP contribution in [0.3, 0.4) is 0 Å². The lowest BCUT2D eigenvalue weighted by molar-refractivity contribution is -0.126. The summed E-state index contributed by atoms with van der Waals surface area (Å²) >= 11 is 0. The van der Waals surface area contributed by atoms with Gasteiger partial charge in [-0.05, 0) is 41.8 Å². The molecule has 9 heteroatoms. The predicted molar refractivity (Wildman–Crippen MR) is 153 cm³/mol. The van der Waals surface area contributed by atoms with E-state index in [9.17, 15) is 14.4 Å². The van der Waals surface area contributed by atoms with Crippen LogP contribution in [0, 0.1) is 0 Å². The van der Waals surface area contributed by atoms with Crippen molar-refractivity contribution in [3.8, 4) is 0 Å². The summed E-state index contributed by atoms with van der Waals surface area (Å²) in [6, 6.07) is 19.3. The Morgan fingerprint density at radius 2 is 1.88 bits per heavy atom. The van der Waals surface area contributed by atoms with Crippen LogP contribution < -0.4 is 5.32 Å². The van der Waals surface area contributed by atoms with E-state index < -0.39 is 6.09 Å². The van der Waals surface area contributed by atoms with E-state index in [2.05, 4.69) is 33.2 Å². The number of pyridine rings is 1. The lowest BCUT2D eigenvalue weighted by Gasteiger charge is -2.19. The van der Waals surface area contributed by atoms with Crippen molar-refractivity contribution in [2.45, 2.75) is 26.6 Å². The first-order valence-electron chi connectivity index (χ1n) is 13.2. The SMILES string of the molecule is CCN(Cc1cn(C)c2ccccc12)C(=O)C=Cc1cnc2c(c1)CN(C(=O)OCc1ccccc1)CC(=O)N2. The molecule has 9 nitrogen and oxygen atoms in total. The number of benzene rings is 2. The van der Waals surface area contributed by atoms with Crippen LogP contribution in [0.5, 0.6) is 0 Å². The number of aromatic nitrogens is 2. The number of aryl methyl sites for hydroxylation is 1. The molecule has 0 unspecified atom stereocenters. The van der Waals surface area contributed by atoms with Crippen molar-refractivity contribution >= 4 is 40.7 Å². The largest absolute Gasteiger partial charge is 0.445 e. The van der Waals surface area contributed by atoms with E-state index >= 15 is 0 Å². The van der Waals surface area contributed by atoms with Gasteiger partial charge < -0.3 is 19.5 Å².